The molecule has 0 saturated heterocycles. The number of carbonyl (C=O) groups is 1. The van der Waals surface area contributed by atoms with Crippen molar-refractivity contribution in [3.8, 4) is 16.2 Å². The molecule has 5 rings (SSSR count). The van der Waals surface area contributed by atoms with Crippen LogP contribution in [0.4, 0.5) is 0 Å². The fraction of sp³-hybridized carbons (Fsp3) is 0.391. The largest absolute Gasteiger partial charge is 0.494 e. The lowest BCUT2D eigenvalue weighted by Crippen LogP contribution is -2.19. The van der Waals surface area contributed by atoms with Crippen LogP contribution in [-0.4, -0.2) is 34.5 Å². The second-order valence-corrected chi connectivity index (χ2v) is 9.26. The van der Waals surface area contributed by atoms with Gasteiger partial charge in [-0.15, -0.1) is 11.3 Å². The summed E-state index contributed by atoms with van der Waals surface area (Å²) in [5.41, 5.74) is 2.09. The molecule has 0 aliphatic heterocycles. The molecule has 156 valence electrons. The van der Waals surface area contributed by atoms with Crippen molar-refractivity contribution in [3.05, 3.63) is 50.6 Å². The summed E-state index contributed by atoms with van der Waals surface area (Å²) >= 11 is 1.72. The molecule has 2 aliphatic carbocycles. The Bertz CT molecular complexity index is 1220. The van der Waals surface area contributed by atoms with E-state index in [1.807, 2.05) is 10.6 Å². The third kappa shape index (κ3) is 2.96. The molecule has 1 saturated carbocycles. The number of aromatic carboxylic acids is 1. The predicted octanol–water partition coefficient (Wildman–Crippen LogP) is 4.18. The summed E-state index contributed by atoms with van der Waals surface area (Å²) in [6.45, 7) is 0.150. The number of ether oxygens (including phenoxy) is 1. The molecule has 6 nitrogen and oxygen atoms in total. The first-order chi connectivity index (χ1) is 14.5. The first kappa shape index (κ1) is 19.3. The lowest BCUT2D eigenvalue weighted by molar-refractivity contribution is 0.0695. The van der Waals surface area contributed by atoms with E-state index in [0.717, 1.165) is 42.5 Å². The molecule has 1 unspecified atom stereocenters. The minimum atomic E-state index is -1.21. The number of fused-ring (bicyclic) bond motifs is 2. The Hall–Kier alpha value is -2.64. The predicted molar refractivity (Wildman–Crippen MR) is 116 cm³/mol. The van der Waals surface area contributed by atoms with Crippen molar-refractivity contribution < 1.29 is 19.7 Å². The standard InChI is InChI=1S/C23H23NO5S/c1-29-22-14(19-9-16-12(11-25)3-2-4-18(16)30-19)7-8-15-20(22)24(13-5-6-13)10-17(21(15)26)23(27)28/h7-10,12-13,25H,2-6,11H2,1H3,(H,27,28). The first-order valence-electron chi connectivity index (χ1n) is 10.3. The summed E-state index contributed by atoms with van der Waals surface area (Å²) in [7, 11) is 1.59. The highest BCUT2D eigenvalue weighted by Gasteiger charge is 2.30. The van der Waals surface area contributed by atoms with Crippen LogP contribution in [0.5, 0.6) is 5.75 Å². The van der Waals surface area contributed by atoms with Crippen LogP contribution >= 0.6 is 11.3 Å². The molecular formula is C23H23NO5S. The van der Waals surface area contributed by atoms with Gasteiger partial charge in [-0.1, -0.05) is 0 Å². The third-order valence-corrected chi connectivity index (χ3v) is 7.49. The number of methoxy groups -OCH3 is 1. The Morgan fingerprint density at radius 1 is 1.30 bits per heavy atom. The van der Waals surface area contributed by atoms with Crippen LogP contribution < -0.4 is 10.2 Å². The molecule has 0 spiro atoms. The number of aliphatic hydroxyl groups is 1. The molecule has 2 aromatic heterocycles. The maximum absolute atomic E-state index is 12.8. The minimum Gasteiger partial charge on any atom is -0.494 e. The molecule has 1 fully saturated rings. The van der Waals surface area contributed by atoms with E-state index in [4.69, 9.17) is 4.74 Å². The van der Waals surface area contributed by atoms with Gasteiger partial charge in [0.15, 0.2) is 5.75 Å². The van der Waals surface area contributed by atoms with Crippen LogP contribution in [0.3, 0.4) is 0 Å². The van der Waals surface area contributed by atoms with Gasteiger partial charge in [-0.2, -0.15) is 0 Å². The van der Waals surface area contributed by atoms with E-state index in [2.05, 4.69) is 6.07 Å². The summed E-state index contributed by atoms with van der Waals surface area (Å²) in [5.74, 6) is -0.430. The Morgan fingerprint density at radius 2 is 2.10 bits per heavy atom. The summed E-state index contributed by atoms with van der Waals surface area (Å²) in [6, 6.07) is 5.92. The van der Waals surface area contributed by atoms with Gasteiger partial charge in [0.1, 0.15) is 5.56 Å². The summed E-state index contributed by atoms with van der Waals surface area (Å²) < 4.78 is 7.73. The quantitative estimate of drug-likeness (QED) is 0.640. The highest BCUT2D eigenvalue weighted by Crippen LogP contribution is 2.46. The zero-order valence-corrected chi connectivity index (χ0v) is 17.5. The number of hydrogen-bond donors (Lipinski definition) is 2. The normalized spacial score (nSPS) is 18.4. The Kier molecular flexibility index (Phi) is 4.67. The second-order valence-electron chi connectivity index (χ2n) is 8.12. The minimum absolute atomic E-state index is 0.150. The van der Waals surface area contributed by atoms with Crippen molar-refractivity contribution in [1.29, 1.82) is 0 Å². The zero-order chi connectivity index (χ0) is 21.0. The molecule has 1 aromatic carbocycles. The third-order valence-electron chi connectivity index (χ3n) is 6.25. The van der Waals surface area contributed by atoms with E-state index < -0.39 is 11.4 Å². The van der Waals surface area contributed by atoms with Gasteiger partial charge in [-0.05, 0) is 55.9 Å². The maximum Gasteiger partial charge on any atom is 0.341 e. The SMILES string of the molecule is COc1c(-c2cc3c(s2)CCCC3CO)ccc2c(=O)c(C(=O)O)cn(C3CC3)c12. The van der Waals surface area contributed by atoms with Crippen molar-refractivity contribution in [2.75, 3.05) is 13.7 Å². The number of benzene rings is 1. The van der Waals surface area contributed by atoms with Crippen LogP contribution in [0, 0.1) is 0 Å². The van der Waals surface area contributed by atoms with Crippen molar-refractivity contribution in [3.63, 3.8) is 0 Å². The number of nitrogens with zero attached hydrogens (tertiary/aromatic N) is 1. The lowest BCUT2D eigenvalue weighted by Gasteiger charge is -2.19. The average Bonchev–Trinajstić information content (AvgIpc) is 3.50. The second kappa shape index (κ2) is 7.25. The Balaban J connectivity index is 1.76. The van der Waals surface area contributed by atoms with Crippen molar-refractivity contribution in [2.45, 2.75) is 44.1 Å². The molecule has 2 heterocycles. The molecule has 0 amide bonds. The maximum atomic E-state index is 12.8. The van der Waals surface area contributed by atoms with E-state index in [0.29, 0.717) is 16.7 Å². The first-order valence-corrected chi connectivity index (χ1v) is 11.1. The van der Waals surface area contributed by atoms with Gasteiger partial charge in [0.05, 0.1) is 18.0 Å². The van der Waals surface area contributed by atoms with E-state index in [9.17, 15) is 19.8 Å². The van der Waals surface area contributed by atoms with E-state index in [1.54, 1.807) is 24.5 Å². The Labute approximate surface area is 177 Å². The van der Waals surface area contributed by atoms with E-state index in [1.165, 1.54) is 16.6 Å². The highest BCUT2D eigenvalue weighted by atomic mass is 32.1. The molecule has 1 atom stereocenters. The monoisotopic (exact) mass is 425 g/mol. The molecule has 30 heavy (non-hydrogen) atoms. The number of pyridine rings is 1. The number of hydrogen-bond acceptors (Lipinski definition) is 5. The van der Waals surface area contributed by atoms with Gasteiger partial charge in [0.25, 0.3) is 0 Å². The molecule has 0 bridgehead atoms. The van der Waals surface area contributed by atoms with Crippen LogP contribution in [0.15, 0.2) is 29.2 Å². The number of aliphatic hydroxyl groups excluding tert-OH is 1. The smallest absolute Gasteiger partial charge is 0.341 e. The van der Waals surface area contributed by atoms with Crippen LogP contribution in [0.1, 0.15) is 58.4 Å². The van der Waals surface area contributed by atoms with E-state index >= 15 is 0 Å². The Morgan fingerprint density at radius 3 is 2.77 bits per heavy atom. The van der Waals surface area contributed by atoms with Gasteiger partial charge < -0.3 is 19.5 Å². The fourth-order valence-electron chi connectivity index (χ4n) is 4.58. The van der Waals surface area contributed by atoms with Gasteiger partial charge in [-0.25, -0.2) is 4.79 Å². The number of aromatic nitrogens is 1. The van der Waals surface area contributed by atoms with Crippen molar-refractivity contribution in [1.82, 2.24) is 4.57 Å². The number of carboxylic acids is 1. The average molecular weight is 426 g/mol. The molecule has 2 N–H and O–H groups in total. The topological polar surface area (TPSA) is 88.8 Å². The van der Waals surface area contributed by atoms with Crippen LogP contribution in [0.25, 0.3) is 21.3 Å². The van der Waals surface area contributed by atoms with Gasteiger partial charge in [0.2, 0.25) is 5.43 Å². The van der Waals surface area contributed by atoms with Crippen LogP contribution in [-0.2, 0) is 6.42 Å². The number of rotatable bonds is 5. The lowest BCUT2D eigenvalue weighted by atomic mass is 9.88. The van der Waals surface area contributed by atoms with Gasteiger partial charge in [0, 0.05) is 40.1 Å². The highest BCUT2D eigenvalue weighted by molar-refractivity contribution is 7.15. The van der Waals surface area contributed by atoms with E-state index in [-0.39, 0.29) is 24.1 Å². The number of thiophene rings is 1. The zero-order valence-electron chi connectivity index (χ0n) is 16.7. The molecule has 2 aliphatic rings. The van der Waals surface area contributed by atoms with Gasteiger partial charge in [-0.3, -0.25) is 4.79 Å². The summed E-state index contributed by atoms with van der Waals surface area (Å²) in [6.07, 6.45) is 6.46. The molecule has 3 aromatic rings. The van der Waals surface area contributed by atoms with Crippen molar-refractivity contribution >= 4 is 28.2 Å². The van der Waals surface area contributed by atoms with Gasteiger partial charge >= 0.3 is 5.97 Å². The summed E-state index contributed by atoms with van der Waals surface area (Å²) in [4.78, 5) is 26.8. The van der Waals surface area contributed by atoms with Crippen molar-refractivity contribution in [2.24, 2.45) is 0 Å². The number of carboxylic acid groups (broad SMARTS) is 1. The summed E-state index contributed by atoms with van der Waals surface area (Å²) in [5, 5.41) is 19.6. The fourth-order valence-corrected chi connectivity index (χ4v) is 5.89. The molecule has 0 radical (unpaired) electrons. The number of aryl methyl sites for hydroxylation is 1. The molecule has 7 heteroatoms. The molecular weight excluding hydrogens is 402 g/mol. The van der Waals surface area contributed by atoms with Crippen LogP contribution in [0.2, 0.25) is 0 Å².